The predicted molar refractivity (Wildman–Crippen MR) is 66.7 cm³/mol. The smallest absolute Gasteiger partial charge is 0.0480 e. The van der Waals surface area contributed by atoms with Gasteiger partial charge < -0.3 is 15.0 Å². The van der Waals surface area contributed by atoms with Gasteiger partial charge in [-0.05, 0) is 46.1 Å². The third kappa shape index (κ3) is 2.96. The second-order valence-corrected chi connectivity index (χ2v) is 5.54. The van der Waals surface area contributed by atoms with Crippen molar-refractivity contribution in [2.24, 2.45) is 0 Å². The molecule has 0 spiro atoms. The summed E-state index contributed by atoms with van der Waals surface area (Å²) in [5, 5.41) is 3.46. The molecule has 2 rings (SSSR count). The van der Waals surface area contributed by atoms with Crippen LogP contribution in [0.5, 0.6) is 0 Å². The van der Waals surface area contributed by atoms with Gasteiger partial charge in [0.1, 0.15) is 0 Å². The molecule has 1 N–H and O–H groups in total. The molecule has 2 heterocycles. The molecule has 3 nitrogen and oxygen atoms in total. The first-order valence-electron chi connectivity index (χ1n) is 6.74. The van der Waals surface area contributed by atoms with Gasteiger partial charge in [0.2, 0.25) is 0 Å². The van der Waals surface area contributed by atoms with Gasteiger partial charge in [-0.3, -0.25) is 0 Å². The molecule has 2 aliphatic rings. The lowest BCUT2D eigenvalue weighted by molar-refractivity contribution is 0.0925. The number of nitrogens with zero attached hydrogens (tertiary/aromatic N) is 1. The lowest BCUT2D eigenvalue weighted by atomic mass is 9.88. The molecule has 2 saturated heterocycles. The van der Waals surface area contributed by atoms with Crippen molar-refractivity contribution in [2.45, 2.75) is 50.6 Å². The normalized spacial score (nSPS) is 32.2. The van der Waals surface area contributed by atoms with Crippen molar-refractivity contribution >= 4 is 0 Å². The standard InChI is InChI=1S/C13H26N2O/c1-13(14-2)6-8-15(9-7-13)12-4-3-10-16-11-5-12/h12,14H,3-11H2,1-2H3. The molecule has 0 amide bonds. The van der Waals surface area contributed by atoms with Crippen LogP contribution in [0.15, 0.2) is 0 Å². The van der Waals surface area contributed by atoms with Crippen LogP contribution in [0.2, 0.25) is 0 Å². The minimum atomic E-state index is 0.373. The molecule has 1 atom stereocenters. The van der Waals surface area contributed by atoms with Gasteiger partial charge in [-0.15, -0.1) is 0 Å². The molecule has 0 bridgehead atoms. The van der Waals surface area contributed by atoms with Gasteiger partial charge in [0.25, 0.3) is 0 Å². The quantitative estimate of drug-likeness (QED) is 0.774. The van der Waals surface area contributed by atoms with Crippen LogP contribution >= 0.6 is 0 Å². The number of likely N-dealkylation sites (tertiary alicyclic amines) is 1. The highest BCUT2D eigenvalue weighted by atomic mass is 16.5. The summed E-state index contributed by atoms with van der Waals surface area (Å²) >= 11 is 0. The molecule has 16 heavy (non-hydrogen) atoms. The third-order valence-corrected chi connectivity index (χ3v) is 4.44. The first-order chi connectivity index (χ1) is 7.73. The molecule has 2 fully saturated rings. The first-order valence-corrected chi connectivity index (χ1v) is 6.74. The number of hydrogen-bond acceptors (Lipinski definition) is 3. The van der Waals surface area contributed by atoms with Crippen LogP contribution < -0.4 is 5.32 Å². The molecule has 3 heteroatoms. The summed E-state index contributed by atoms with van der Waals surface area (Å²) in [5.41, 5.74) is 0.373. The zero-order valence-electron chi connectivity index (χ0n) is 10.8. The molecule has 1 unspecified atom stereocenters. The van der Waals surface area contributed by atoms with Crippen molar-refractivity contribution in [2.75, 3.05) is 33.4 Å². The van der Waals surface area contributed by atoms with Crippen molar-refractivity contribution in [3.63, 3.8) is 0 Å². The number of nitrogens with one attached hydrogen (secondary N) is 1. The van der Waals surface area contributed by atoms with E-state index >= 15 is 0 Å². The Morgan fingerprint density at radius 2 is 1.94 bits per heavy atom. The maximum Gasteiger partial charge on any atom is 0.0480 e. The first kappa shape index (κ1) is 12.3. The summed E-state index contributed by atoms with van der Waals surface area (Å²) in [6.07, 6.45) is 6.36. The van der Waals surface area contributed by atoms with Crippen molar-refractivity contribution in [3.8, 4) is 0 Å². The highest BCUT2D eigenvalue weighted by molar-refractivity contribution is 4.90. The molecule has 0 aromatic carbocycles. The summed E-state index contributed by atoms with van der Waals surface area (Å²) in [6, 6.07) is 0.781. The lowest BCUT2D eigenvalue weighted by Crippen LogP contribution is -2.52. The number of piperidine rings is 1. The van der Waals surface area contributed by atoms with E-state index in [0.717, 1.165) is 19.3 Å². The van der Waals surface area contributed by atoms with E-state index in [1.165, 1.54) is 45.2 Å². The molecule has 0 saturated carbocycles. The Bertz CT molecular complexity index is 204. The Kier molecular flexibility index (Phi) is 4.22. The minimum Gasteiger partial charge on any atom is -0.381 e. The van der Waals surface area contributed by atoms with Crippen molar-refractivity contribution in [1.29, 1.82) is 0 Å². The molecule has 94 valence electrons. The van der Waals surface area contributed by atoms with Crippen molar-refractivity contribution < 1.29 is 4.74 Å². The van der Waals surface area contributed by atoms with Crippen LogP contribution in [0.4, 0.5) is 0 Å². The second-order valence-electron chi connectivity index (χ2n) is 5.54. The second kappa shape index (κ2) is 5.48. The van der Waals surface area contributed by atoms with Crippen LogP contribution in [0.1, 0.15) is 39.0 Å². The molecular formula is C13H26N2O. The van der Waals surface area contributed by atoms with E-state index < -0.39 is 0 Å². The van der Waals surface area contributed by atoms with E-state index in [0.29, 0.717) is 5.54 Å². The molecule has 0 aliphatic carbocycles. The van der Waals surface area contributed by atoms with Crippen molar-refractivity contribution in [1.82, 2.24) is 10.2 Å². The van der Waals surface area contributed by atoms with Gasteiger partial charge in [-0.1, -0.05) is 0 Å². The van der Waals surface area contributed by atoms with Gasteiger partial charge in [-0.25, -0.2) is 0 Å². The zero-order valence-corrected chi connectivity index (χ0v) is 10.8. The summed E-state index contributed by atoms with van der Waals surface area (Å²) < 4.78 is 5.54. The summed E-state index contributed by atoms with van der Waals surface area (Å²) in [4.78, 5) is 2.69. The number of hydrogen-bond donors (Lipinski definition) is 1. The molecule has 0 aromatic heterocycles. The monoisotopic (exact) mass is 226 g/mol. The fourth-order valence-electron chi connectivity index (χ4n) is 2.88. The molecule has 0 radical (unpaired) electrons. The van der Waals surface area contributed by atoms with E-state index in [1.807, 2.05) is 0 Å². The fraction of sp³-hybridized carbons (Fsp3) is 1.00. The largest absolute Gasteiger partial charge is 0.381 e. The van der Waals surface area contributed by atoms with Gasteiger partial charge >= 0.3 is 0 Å². The molecule has 2 aliphatic heterocycles. The van der Waals surface area contributed by atoms with E-state index in [4.69, 9.17) is 4.74 Å². The Balaban J connectivity index is 1.83. The van der Waals surface area contributed by atoms with Gasteiger partial charge in [-0.2, -0.15) is 0 Å². The Morgan fingerprint density at radius 3 is 2.62 bits per heavy atom. The minimum absolute atomic E-state index is 0.373. The van der Waals surface area contributed by atoms with Gasteiger partial charge in [0.05, 0.1) is 0 Å². The number of ether oxygens (including phenoxy) is 1. The van der Waals surface area contributed by atoms with Crippen LogP contribution in [0.3, 0.4) is 0 Å². The van der Waals surface area contributed by atoms with Crippen LogP contribution in [-0.2, 0) is 4.74 Å². The highest BCUT2D eigenvalue weighted by Gasteiger charge is 2.31. The topological polar surface area (TPSA) is 24.5 Å². The van der Waals surface area contributed by atoms with Crippen molar-refractivity contribution in [3.05, 3.63) is 0 Å². The SMILES string of the molecule is CNC1(C)CCN(C2CCCOCC2)CC1. The average Bonchev–Trinajstić information content (AvgIpc) is 2.59. The highest BCUT2D eigenvalue weighted by Crippen LogP contribution is 2.25. The summed E-state index contributed by atoms with van der Waals surface area (Å²) in [5.74, 6) is 0. The van der Waals surface area contributed by atoms with Crippen LogP contribution in [0, 0.1) is 0 Å². The Morgan fingerprint density at radius 1 is 1.19 bits per heavy atom. The van der Waals surface area contributed by atoms with Crippen LogP contribution in [0.25, 0.3) is 0 Å². The lowest BCUT2D eigenvalue weighted by Gasteiger charge is -2.42. The van der Waals surface area contributed by atoms with E-state index in [-0.39, 0.29) is 0 Å². The van der Waals surface area contributed by atoms with Crippen LogP contribution in [-0.4, -0.2) is 49.8 Å². The fourth-order valence-corrected chi connectivity index (χ4v) is 2.88. The van der Waals surface area contributed by atoms with E-state index in [2.05, 4.69) is 24.2 Å². The van der Waals surface area contributed by atoms with Gasteiger partial charge in [0.15, 0.2) is 0 Å². The number of rotatable bonds is 2. The Hall–Kier alpha value is -0.120. The van der Waals surface area contributed by atoms with E-state index in [9.17, 15) is 0 Å². The van der Waals surface area contributed by atoms with Gasteiger partial charge in [0, 0.05) is 37.9 Å². The Labute approximate surface area is 99.5 Å². The predicted octanol–water partition coefficient (Wildman–Crippen LogP) is 1.63. The average molecular weight is 226 g/mol. The maximum absolute atomic E-state index is 5.54. The molecular weight excluding hydrogens is 200 g/mol. The van der Waals surface area contributed by atoms with E-state index in [1.54, 1.807) is 0 Å². The zero-order chi connectivity index (χ0) is 11.4. The maximum atomic E-state index is 5.54. The summed E-state index contributed by atoms with van der Waals surface area (Å²) in [6.45, 7) is 6.79. The summed E-state index contributed by atoms with van der Waals surface area (Å²) in [7, 11) is 2.09. The third-order valence-electron chi connectivity index (χ3n) is 4.44. The molecule has 0 aromatic rings.